The van der Waals surface area contributed by atoms with Gasteiger partial charge in [-0.2, -0.15) is 0 Å². The fourth-order valence-electron chi connectivity index (χ4n) is 1.73. The van der Waals surface area contributed by atoms with E-state index in [4.69, 9.17) is 4.74 Å². The first-order valence-electron chi connectivity index (χ1n) is 7.09. The van der Waals surface area contributed by atoms with Crippen LogP contribution in [0.4, 0.5) is 0 Å². The Morgan fingerprint density at radius 1 is 1.12 bits per heavy atom. The Morgan fingerprint density at radius 3 is 2.24 bits per heavy atom. The molecule has 1 atom stereocenters. The Labute approximate surface area is 106 Å². The van der Waals surface area contributed by atoms with Crippen molar-refractivity contribution in [3.05, 3.63) is 0 Å². The van der Waals surface area contributed by atoms with E-state index >= 15 is 0 Å². The smallest absolute Gasteiger partial charge is 0.308 e. The number of hydrogen-bond donors (Lipinski definition) is 1. The normalized spacial score (nSPS) is 12.8. The fourth-order valence-corrected chi connectivity index (χ4v) is 1.73. The average molecular weight is 243 g/mol. The molecule has 0 aromatic rings. The zero-order chi connectivity index (χ0) is 13.1. The Kier molecular flexibility index (Phi) is 10.2. The maximum absolute atomic E-state index is 11.7. The monoisotopic (exact) mass is 243 g/mol. The third-order valence-electron chi connectivity index (χ3n) is 3.20. The molecule has 0 radical (unpaired) electrons. The van der Waals surface area contributed by atoms with Crippen LogP contribution in [-0.2, 0) is 9.53 Å². The standard InChI is InChI=1S/C14H29NO2/c1-5-9-10-15-13(8-4)11-17-14(16)12(6-2)7-3/h12-13,15H,5-11H2,1-4H3. The summed E-state index contributed by atoms with van der Waals surface area (Å²) in [4.78, 5) is 11.7. The van der Waals surface area contributed by atoms with E-state index in [1.165, 1.54) is 12.8 Å². The van der Waals surface area contributed by atoms with Crippen LogP contribution in [0, 0.1) is 5.92 Å². The Morgan fingerprint density at radius 2 is 1.76 bits per heavy atom. The van der Waals surface area contributed by atoms with Crippen LogP contribution < -0.4 is 5.32 Å². The minimum atomic E-state index is -0.0364. The van der Waals surface area contributed by atoms with Crippen LogP contribution in [0.3, 0.4) is 0 Å². The van der Waals surface area contributed by atoms with E-state index in [0.717, 1.165) is 25.8 Å². The number of carbonyl (C=O) groups excluding carboxylic acids is 1. The second kappa shape index (κ2) is 10.6. The van der Waals surface area contributed by atoms with Crippen molar-refractivity contribution in [2.24, 2.45) is 5.92 Å². The van der Waals surface area contributed by atoms with E-state index in [-0.39, 0.29) is 11.9 Å². The van der Waals surface area contributed by atoms with Crippen LogP contribution in [0.15, 0.2) is 0 Å². The van der Waals surface area contributed by atoms with E-state index < -0.39 is 0 Å². The van der Waals surface area contributed by atoms with E-state index in [1.807, 2.05) is 13.8 Å². The van der Waals surface area contributed by atoms with Crippen LogP contribution in [0.1, 0.15) is 59.8 Å². The summed E-state index contributed by atoms with van der Waals surface area (Å²) in [6.45, 7) is 9.88. The van der Waals surface area contributed by atoms with Crippen molar-refractivity contribution < 1.29 is 9.53 Å². The summed E-state index contributed by atoms with van der Waals surface area (Å²) < 4.78 is 5.37. The first-order valence-corrected chi connectivity index (χ1v) is 7.09. The highest BCUT2D eigenvalue weighted by Gasteiger charge is 2.17. The fraction of sp³-hybridized carbons (Fsp3) is 0.929. The highest BCUT2D eigenvalue weighted by molar-refractivity contribution is 5.72. The van der Waals surface area contributed by atoms with Crippen LogP contribution in [0.2, 0.25) is 0 Å². The summed E-state index contributed by atoms with van der Waals surface area (Å²) in [5.74, 6) is 0.0360. The molecule has 0 heterocycles. The molecule has 1 unspecified atom stereocenters. The van der Waals surface area contributed by atoms with E-state index in [0.29, 0.717) is 12.6 Å². The van der Waals surface area contributed by atoms with Crippen molar-refractivity contribution in [2.45, 2.75) is 65.8 Å². The highest BCUT2D eigenvalue weighted by Crippen LogP contribution is 2.10. The lowest BCUT2D eigenvalue weighted by Gasteiger charge is -2.18. The number of ether oxygens (including phenoxy) is 1. The van der Waals surface area contributed by atoms with Gasteiger partial charge in [-0.1, -0.05) is 34.1 Å². The molecule has 0 saturated heterocycles. The van der Waals surface area contributed by atoms with Gasteiger partial charge in [-0.25, -0.2) is 0 Å². The number of carbonyl (C=O) groups is 1. The van der Waals surface area contributed by atoms with Gasteiger partial charge in [0.25, 0.3) is 0 Å². The molecule has 0 spiro atoms. The van der Waals surface area contributed by atoms with Crippen molar-refractivity contribution in [1.29, 1.82) is 0 Å². The molecule has 102 valence electrons. The molecule has 0 aliphatic carbocycles. The molecule has 0 aliphatic heterocycles. The second-order valence-electron chi connectivity index (χ2n) is 4.56. The molecular formula is C14H29NO2. The van der Waals surface area contributed by atoms with Crippen molar-refractivity contribution in [2.75, 3.05) is 13.2 Å². The summed E-state index contributed by atoms with van der Waals surface area (Å²) in [7, 11) is 0. The van der Waals surface area contributed by atoms with Crippen LogP contribution >= 0.6 is 0 Å². The van der Waals surface area contributed by atoms with Gasteiger partial charge in [0.2, 0.25) is 0 Å². The molecule has 0 saturated carbocycles. The maximum Gasteiger partial charge on any atom is 0.308 e. The Bertz CT molecular complexity index is 191. The van der Waals surface area contributed by atoms with Gasteiger partial charge >= 0.3 is 5.97 Å². The topological polar surface area (TPSA) is 38.3 Å². The number of nitrogens with one attached hydrogen (secondary N) is 1. The largest absolute Gasteiger partial charge is 0.464 e. The van der Waals surface area contributed by atoms with Crippen molar-refractivity contribution in [1.82, 2.24) is 5.32 Å². The van der Waals surface area contributed by atoms with E-state index in [2.05, 4.69) is 19.2 Å². The molecule has 17 heavy (non-hydrogen) atoms. The molecule has 0 amide bonds. The molecule has 0 bridgehead atoms. The van der Waals surface area contributed by atoms with E-state index in [1.54, 1.807) is 0 Å². The van der Waals surface area contributed by atoms with Gasteiger partial charge in [-0.3, -0.25) is 4.79 Å². The van der Waals surface area contributed by atoms with Gasteiger partial charge < -0.3 is 10.1 Å². The molecule has 1 N–H and O–H groups in total. The summed E-state index contributed by atoms with van der Waals surface area (Å²) in [6, 6.07) is 0.305. The summed E-state index contributed by atoms with van der Waals surface area (Å²) in [5, 5.41) is 3.42. The first kappa shape index (κ1) is 16.4. The molecule has 3 nitrogen and oxygen atoms in total. The van der Waals surface area contributed by atoms with Gasteiger partial charge in [0.15, 0.2) is 0 Å². The molecule has 0 aromatic carbocycles. The van der Waals surface area contributed by atoms with Gasteiger partial charge in [-0.05, 0) is 32.2 Å². The lowest BCUT2D eigenvalue weighted by molar-refractivity contribution is -0.149. The van der Waals surface area contributed by atoms with E-state index in [9.17, 15) is 4.79 Å². The average Bonchev–Trinajstić information content (AvgIpc) is 2.35. The third kappa shape index (κ3) is 7.37. The van der Waals surface area contributed by atoms with Crippen molar-refractivity contribution >= 4 is 5.97 Å². The van der Waals surface area contributed by atoms with Crippen LogP contribution in [-0.4, -0.2) is 25.2 Å². The van der Waals surface area contributed by atoms with Gasteiger partial charge in [0.05, 0.1) is 5.92 Å². The third-order valence-corrected chi connectivity index (χ3v) is 3.20. The summed E-state index contributed by atoms with van der Waals surface area (Å²) in [5.41, 5.74) is 0. The minimum Gasteiger partial charge on any atom is -0.464 e. The second-order valence-corrected chi connectivity index (χ2v) is 4.56. The number of rotatable bonds is 10. The predicted octanol–water partition coefficient (Wildman–Crippen LogP) is 3.13. The Balaban J connectivity index is 3.84. The number of hydrogen-bond acceptors (Lipinski definition) is 3. The van der Waals surface area contributed by atoms with Crippen LogP contribution in [0.25, 0.3) is 0 Å². The summed E-state index contributed by atoms with van der Waals surface area (Å²) in [6.07, 6.45) is 5.11. The maximum atomic E-state index is 11.7. The molecular weight excluding hydrogens is 214 g/mol. The first-order chi connectivity index (χ1) is 8.19. The highest BCUT2D eigenvalue weighted by atomic mass is 16.5. The predicted molar refractivity (Wildman–Crippen MR) is 72.0 cm³/mol. The Hall–Kier alpha value is -0.570. The molecule has 3 heteroatoms. The number of unbranched alkanes of at least 4 members (excludes halogenated alkanes) is 1. The van der Waals surface area contributed by atoms with Crippen molar-refractivity contribution in [3.8, 4) is 0 Å². The zero-order valence-corrected chi connectivity index (χ0v) is 11.9. The van der Waals surface area contributed by atoms with Gasteiger partial charge in [0.1, 0.15) is 6.61 Å². The number of esters is 1. The van der Waals surface area contributed by atoms with Gasteiger partial charge in [0, 0.05) is 6.04 Å². The lowest BCUT2D eigenvalue weighted by atomic mass is 10.0. The lowest BCUT2D eigenvalue weighted by Crippen LogP contribution is -2.35. The zero-order valence-electron chi connectivity index (χ0n) is 11.9. The molecule has 0 aromatic heterocycles. The molecule has 0 rings (SSSR count). The SMILES string of the molecule is CCCCNC(CC)COC(=O)C(CC)CC. The summed E-state index contributed by atoms with van der Waals surface area (Å²) >= 11 is 0. The minimum absolute atomic E-state index is 0.0364. The quantitative estimate of drug-likeness (QED) is 0.473. The van der Waals surface area contributed by atoms with Gasteiger partial charge in [-0.15, -0.1) is 0 Å². The molecule has 0 aliphatic rings. The van der Waals surface area contributed by atoms with Crippen LogP contribution in [0.5, 0.6) is 0 Å². The van der Waals surface area contributed by atoms with Crippen molar-refractivity contribution in [3.63, 3.8) is 0 Å². The molecule has 0 fully saturated rings.